The molecule has 4 heteroatoms. The van der Waals surface area contributed by atoms with Crippen LogP contribution in [-0.4, -0.2) is 9.55 Å². The summed E-state index contributed by atoms with van der Waals surface area (Å²) in [5.74, 6) is 0.907. The van der Waals surface area contributed by atoms with Crippen molar-refractivity contribution in [2.45, 2.75) is 20.4 Å². The lowest BCUT2D eigenvalue weighted by atomic mass is 10.3. The lowest BCUT2D eigenvalue weighted by molar-refractivity contribution is 0.771. The van der Waals surface area contributed by atoms with E-state index in [-0.39, 0.29) is 0 Å². The zero-order chi connectivity index (χ0) is 11.5. The summed E-state index contributed by atoms with van der Waals surface area (Å²) in [6, 6.07) is 8.20. The molecule has 2 aromatic rings. The molecule has 0 atom stereocenters. The van der Waals surface area contributed by atoms with E-state index >= 15 is 0 Å². The van der Waals surface area contributed by atoms with Gasteiger partial charge in [-0.2, -0.15) is 0 Å². The first-order valence-corrected chi connectivity index (χ1v) is 6.34. The van der Waals surface area contributed by atoms with E-state index in [1.165, 1.54) is 3.57 Å². The second-order valence-corrected chi connectivity index (χ2v) is 4.76. The summed E-state index contributed by atoms with van der Waals surface area (Å²) in [5.41, 5.74) is 2.14. The first-order valence-electron chi connectivity index (χ1n) is 5.26. The Kier molecular flexibility index (Phi) is 3.48. The molecule has 84 valence electrons. The summed E-state index contributed by atoms with van der Waals surface area (Å²) in [4.78, 5) is 4.47. The van der Waals surface area contributed by atoms with Crippen LogP contribution < -0.4 is 5.32 Å². The highest BCUT2D eigenvalue weighted by molar-refractivity contribution is 14.1. The molecule has 0 fully saturated rings. The van der Waals surface area contributed by atoms with Crippen LogP contribution in [0.1, 0.15) is 12.6 Å². The number of para-hydroxylation sites is 1. The highest BCUT2D eigenvalue weighted by atomic mass is 127. The molecule has 3 nitrogen and oxygen atoms in total. The van der Waals surface area contributed by atoms with E-state index in [1.54, 1.807) is 0 Å². The standard InChI is InChI=1S/C12H14IN3/c1-3-16-8-9(2)14-12(16)15-11-7-5-4-6-10(11)13/h4-8H,3H2,1-2H3,(H,14,15). The molecular weight excluding hydrogens is 313 g/mol. The zero-order valence-electron chi connectivity index (χ0n) is 9.37. The molecule has 0 amide bonds. The minimum atomic E-state index is 0.907. The molecule has 16 heavy (non-hydrogen) atoms. The van der Waals surface area contributed by atoms with Gasteiger partial charge in [0.15, 0.2) is 0 Å². The third-order valence-electron chi connectivity index (χ3n) is 2.36. The number of aryl methyl sites for hydroxylation is 2. The van der Waals surface area contributed by atoms with Gasteiger partial charge in [0.1, 0.15) is 0 Å². The maximum atomic E-state index is 4.47. The van der Waals surface area contributed by atoms with Crippen molar-refractivity contribution in [2.24, 2.45) is 0 Å². The van der Waals surface area contributed by atoms with Crippen LogP contribution in [0.2, 0.25) is 0 Å². The first-order chi connectivity index (χ1) is 7.70. The van der Waals surface area contributed by atoms with Crippen LogP contribution >= 0.6 is 22.6 Å². The average Bonchev–Trinajstić information content (AvgIpc) is 2.62. The number of anilines is 2. The number of nitrogens with one attached hydrogen (secondary N) is 1. The molecule has 0 aliphatic rings. The van der Waals surface area contributed by atoms with Crippen molar-refractivity contribution in [3.8, 4) is 0 Å². The predicted molar refractivity (Wildman–Crippen MR) is 75.1 cm³/mol. The Morgan fingerprint density at radius 2 is 2.12 bits per heavy atom. The Labute approximate surface area is 109 Å². The molecule has 1 heterocycles. The SMILES string of the molecule is CCn1cc(C)nc1Nc1ccccc1I. The molecule has 1 aromatic heterocycles. The van der Waals surface area contributed by atoms with E-state index in [2.05, 4.69) is 62.7 Å². The van der Waals surface area contributed by atoms with E-state index in [4.69, 9.17) is 0 Å². The Morgan fingerprint density at radius 3 is 2.81 bits per heavy atom. The number of halogens is 1. The molecule has 0 aliphatic carbocycles. The van der Waals surface area contributed by atoms with Gasteiger partial charge in [0.05, 0.1) is 11.4 Å². The van der Waals surface area contributed by atoms with Crippen molar-refractivity contribution >= 4 is 34.2 Å². The lowest BCUT2D eigenvalue weighted by Crippen LogP contribution is -2.02. The maximum Gasteiger partial charge on any atom is 0.207 e. The average molecular weight is 327 g/mol. The van der Waals surface area contributed by atoms with Crippen LogP contribution in [0.5, 0.6) is 0 Å². The molecular formula is C12H14IN3. The van der Waals surface area contributed by atoms with Crippen molar-refractivity contribution in [1.29, 1.82) is 0 Å². The van der Waals surface area contributed by atoms with E-state index in [0.29, 0.717) is 0 Å². The van der Waals surface area contributed by atoms with Crippen molar-refractivity contribution in [1.82, 2.24) is 9.55 Å². The normalized spacial score (nSPS) is 10.4. The van der Waals surface area contributed by atoms with Gasteiger partial charge in [-0.05, 0) is 48.6 Å². The number of rotatable bonds is 3. The van der Waals surface area contributed by atoms with Crippen LogP contribution in [0.3, 0.4) is 0 Å². The monoisotopic (exact) mass is 327 g/mol. The number of aromatic nitrogens is 2. The second kappa shape index (κ2) is 4.86. The molecule has 0 saturated heterocycles. The van der Waals surface area contributed by atoms with E-state index in [9.17, 15) is 0 Å². The fourth-order valence-electron chi connectivity index (χ4n) is 1.57. The molecule has 0 spiro atoms. The Morgan fingerprint density at radius 1 is 1.38 bits per heavy atom. The van der Waals surface area contributed by atoms with Gasteiger partial charge >= 0.3 is 0 Å². The topological polar surface area (TPSA) is 29.9 Å². The Bertz CT molecular complexity index is 491. The summed E-state index contributed by atoms with van der Waals surface area (Å²) in [5, 5.41) is 3.36. The summed E-state index contributed by atoms with van der Waals surface area (Å²) in [6.07, 6.45) is 2.05. The molecule has 1 N–H and O–H groups in total. The van der Waals surface area contributed by atoms with Crippen molar-refractivity contribution < 1.29 is 0 Å². The molecule has 0 saturated carbocycles. The van der Waals surface area contributed by atoms with Crippen LogP contribution in [0.4, 0.5) is 11.6 Å². The summed E-state index contributed by atoms with van der Waals surface area (Å²) in [7, 11) is 0. The lowest BCUT2D eigenvalue weighted by Gasteiger charge is -2.08. The fraction of sp³-hybridized carbons (Fsp3) is 0.250. The zero-order valence-corrected chi connectivity index (χ0v) is 11.5. The number of benzene rings is 1. The number of hydrogen-bond acceptors (Lipinski definition) is 2. The third-order valence-corrected chi connectivity index (χ3v) is 3.30. The van der Waals surface area contributed by atoms with Crippen LogP contribution in [0.15, 0.2) is 30.5 Å². The highest BCUT2D eigenvalue weighted by Crippen LogP contribution is 2.21. The van der Waals surface area contributed by atoms with Gasteiger partial charge in [-0.25, -0.2) is 4.98 Å². The molecule has 2 rings (SSSR count). The van der Waals surface area contributed by atoms with E-state index in [1.807, 2.05) is 19.1 Å². The van der Waals surface area contributed by atoms with Crippen LogP contribution in [0, 0.1) is 10.5 Å². The van der Waals surface area contributed by atoms with Gasteiger partial charge in [-0.3, -0.25) is 0 Å². The highest BCUT2D eigenvalue weighted by Gasteiger charge is 2.05. The van der Waals surface area contributed by atoms with Crippen LogP contribution in [0.25, 0.3) is 0 Å². The van der Waals surface area contributed by atoms with Gasteiger partial charge in [-0.15, -0.1) is 0 Å². The largest absolute Gasteiger partial charge is 0.325 e. The Balaban J connectivity index is 2.30. The third kappa shape index (κ3) is 2.37. The number of hydrogen-bond donors (Lipinski definition) is 1. The molecule has 0 bridgehead atoms. The molecule has 0 radical (unpaired) electrons. The molecule has 0 unspecified atom stereocenters. The molecule has 0 aliphatic heterocycles. The van der Waals surface area contributed by atoms with E-state index in [0.717, 1.165) is 23.9 Å². The Hall–Kier alpha value is -1.04. The second-order valence-electron chi connectivity index (χ2n) is 3.60. The van der Waals surface area contributed by atoms with Crippen LogP contribution in [-0.2, 0) is 6.54 Å². The van der Waals surface area contributed by atoms with Crippen molar-refractivity contribution in [3.63, 3.8) is 0 Å². The van der Waals surface area contributed by atoms with Gasteiger partial charge in [-0.1, -0.05) is 12.1 Å². The number of nitrogens with zero attached hydrogens (tertiary/aromatic N) is 2. The molecule has 1 aromatic carbocycles. The first kappa shape index (κ1) is 11.4. The van der Waals surface area contributed by atoms with Crippen molar-refractivity contribution in [3.05, 3.63) is 39.7 Å². The summed E-state index contributed by atoms with van der Waals surface area (Å²) < 4.78 is 3.31. The fourth-order valence-corrected chi connectivity index (χ4v) is 2.09. The number of imidazole rings is 1. The summed E-state index contributed by atoms with van der Waals surface area (Å²) in [6.45, 7) is 5.04. The minimum absolute atomic E-state index is 0.907. The summed E-state index contributed by atoms with van der Waals surface area (Å²) >= 11 is 2.32. The smallest absolute Gasteiger partial charge is 0.207 e. The van der Waals surface area contributed by atoms with Gasteiger partial charge in [0.25, 0.3) is 0 Å². The van der Waals surface area contributed by atoms with Gasteiger partial charge in [0.2, 0.25) is 5.95 Å². The van der Waals surface area contributed by atoms with Gasteiger partial charge in [0, 0.05) is 16.3 Å². The quantitative estimate of drug-likeness (QED) is 0.874. The predicted octanol–water partition coefficient (Wildman–Crippen LogP) is 3.56. The van der Waals surface area contributed by atoms with Gasteiger partial charge < -0.3 is 9.88 Å². The maximum absolute atomic E-state index is 4.47. The minimum Gasteiger partial charge on any atom is -0.325 e. The van der Waals surface area contributed by atoms with Crippen molar-refractivity contribution in [2.75, 3.05) is 5.32 Å². The van der Waals surface area contributed by atoms with E-state index < -0.39 is 0 Å².